The highest BCUT2D eigenvalue weighted by Crippen LogP contribution is 2.30. The van der Waals surface area contributed by atoms with Gasteiger partial charge in [0.25, 0.3) is 0 Å². The minimum Gasteiger partial charge on any atom is -0.359 e. The molecule has 0 aromatic carbocycles. The summed E-state index contributed by atoms with van der Waals surface area (Å²) in [5.74, 6) is 0.864. The van der Waals surface area contributed by atoms with Crippen LogP contribution in [0, 0.1) is 5.92 Å². The molecule has 2 nitrogen and oxygen atoms in total. The quantitative estimate of drug-likeness (QED) is 0.836. The molecule has 96 valence electrons. The largest absolute Gasteiger partial charge is 0.359 e. The van der Waals surface area contributed by atoms with Gasteiger partial charge in [0.05, 0.1) is 5.69 Å². The molecule has 0 bridgehead atoms. The Morgan fingerprint density at radius 2 is 2.12 bits per heavy atom. The van der Waals surface area contributed by atoms with Gasteiger partial charge in [-0.3, -0.25) is 0 Å². The van der Waals surface area contributed by atoms with Crippen LogP contribution in [0.25, 0.3) is 0 Å². The van der Waals surface area contributed by atoms with E-state index in [1.54, 1.807) is 11.3 Å². The molecule has 1 aromatic heterocycles. The first-order chi connectivity index (χ1) is 8.33. The third-order valence-electron chi connectivity index (χ3n) is 3.88. The van der Waals surface area contributed by atoms with Crippen LogP contribution in [0.3, 0.4) is 0 Å². The Kier molecular flexibility index (Phi) is 4.84. The van der Waals surface area contributed by atoms with Crippen molar-refractivity contribution < 1.29 is 0 Å². The molecule has 2 rings (SSSR count). The summed E-state index contributed by atoms with van der Waals surface area (Å²) in [7, 11) is 0. The van der Waals surface area contributed by atoms with Crippen LogP contribution in [0.1, 0.15) is 58.1 Å². The lowest BCUT2D eigenvalue weighted by atomic mass is 9.83. The first-order valence-electron chi connectivity index (χ1n) is 7.04. The van der Waals surface area contributed by atoms with Crippen molar-refractivity contribution in [3.63, 3.8) is 0 Å². The summed E-state index contributed by atoms with van der Waals surface area (Å²) in [6.07, 6.45) is 9.32. The minimum atomic E-state index is 0.631. The molecule has 0 amide bonds. The number of thiazole rings is 1. The van der Waals surface area contributed by atoms with E-state index in [1.165, 1.54) is 44.2 Å². The number of nitrogens with zero attached hydrogens (tertiary/aromatic N) is 1. The molecule has 1 fully saturated rings. The predicted octanol–water partition coefficient (Wildman–Crippen LogP) is 4.48. The van der Waals surface area contributed by atoms with Crippen molar-refractivity contribution in [2.75, 3.05) is 5.32 Å². The third kappa shape index (κ3) is 3.44. The summed E-state index contributed by atoms with van der Waals surface area (Å²) in [5.41, 5.74) is 1.22. The van der Waals surface area contributed by atoms with E-state index in [-0.39, 0.29) is 0 Å². The van der Waals surface area contributed by atoms with Crippen LogP contribution >= 0.6 is 11.3 Å². The molecule has 0 spiro atoms. The van der Waals surface area contributed by atoms with Gasteiger partial charge in [0.2, 0.25) is 0 Å². The van der Waals surface area contributed by atoms with Gasteiger partial charge in [0.15, 0.2) is 5.13 Å². The van der Waals surface area contributed by atoms with Gasteiger partial charge < -0.3 is 5.32 Å². The van der Waals surface area contributed by atoms with Crippen molar-refractivity contribution in [1.82, 2.24) is 4.98 Å². The fourth-order valence-electron chi connectivity index (χ4n) is 2.78. The molecular weight excluding hydrogens is 228 g/mol. The van der Waals surface area contributed by atoms with Crippen molar-refractivity contribution in [1.29, 1.82) is 0 Å². The maximum absolute atomic E-state index is 4.62. The Balaban J connectivity index is 1.93. The van der Waals surface area contributed by atoms with Gasteiger partial charge in [-0.25, -0.2) is 4.98 Å². The van der Waals surface area contributed by atoms with E-state index in [9.17, 15) is 0 Å². The van der Waals surface area contributed by atoms with Gasteiger partial charge in [0, 0.05) is 11.4 Å². The standard InChI is InChI=1S/C14H24N2S/c1-3-12-10-17-14(15-12)16-13(4-2)11-8-6-5-7-9-11/h10-11,13H,3-9H2,1-2H3,(H,15,16). The van der Waals surface area contributed by atoms with Crippen molar-refractivity contribution in [2.24, 2.45) is 5.92 Å². The number of rotatable bonds is 5. The predicted molar refractivity (Wildman–Crippen MR) is 75.8 cm³/mol. The summed E-state index contributed by atoms with van der Waals surface area (Å²) in [5, 5.41) is 6.96. The molecule has 1 aliphatic rings. The summed E-state index contributed by atoms with van der Waals surface area (Å²) in [4.78, 5) is 4.62. The Labute approximate surface area is 109 Å². The van der Waals surface area contributed by atoms with Crippen molar-refractivity contribution in [2.45, 2.75) is 64.8 Å². The molecule has 1 aromatic rings. The van der Waals surface area contributed by atoms with Gasteiger partial charge in [-0.2, -0.15) is 0 Å². The average Bonchev–Trinajstić information content (AvgIpc) is 2.84. The number of anilines is 1. The summed E-state index contributed by atoms with van der Waals surface area (Å²) >= 11 is 1.76. The van der Waals surface area contributed by atoms with Crippen molar-refractivity contribution in [3.05, 3.63) is 11.1 Å². The second-order valence-electron chi connectivity index (χ2n) is 5.05. The van der Waals surface area contributed by atoms with E-state index >= 15 is 0 Å². The fraction of sp³-hybridized carbons (Fsp3) is 0.786. The zero-order chi connectivity index (χ0) is 12.1. The molecule has 1 saturated carbocycles. The highest BCUT2D eigenvalue weighted by molar-refractivity contribution is 7.13. The van der Waals surface area contributed by atoms with Crippen LogP contribution in [0.4, 0.5) is 5.13 Å². The van der Waals surface area contributed by atoms with E-state index in [1.807, 2.05) is 0 Å². The second-order valence-corrected chi connectivity index (χ2v) is 5.91. The van der Waals surface area contributed by atoms with Gasteiger partial charge in [-0.05, 0) is 31.6 Å². The SMILES string of the molecule is CCc1csc(NC(CC)C2CCCCC2)n1. The maximum atomic E-state index is 4.62. The van der Waals surface area contributed by atoms with Gasteiger partial charge >= 0.3 is 0 Å². The van der Waals surface area contributed by atoms with E-state index in [2.05, 4.69) is 29.5 Å². The monoisotopic (exact) mass is 252 g/mol. The maximum Gasteiger partial charge on any atom is 0.183 e. The molecule has 0 aliphatic heterocycles. The van der Waals surface area contributed by atoms with E-state index in [0.29, 0.717) is 6.04 Å². The van der Waals surface area contributed by atoms with E-state index < -0.39 is 0 Å². The fourth-order valence-corrected chi connectivity index (χ4v) is 3.64. The molecule has 1 heterocycles. The molecule has 1 atom stereocenters. The lowest BCUT2D eigenvalue weighted by Gasteiger charge is -2.30. The molecule has 1 unspecified atom stereocenters. The molecule has 0 radical (unpaired) electrons. The molecule has 17 heavy (non-hydrogen) atoms. The Hall–Kier alpha value is -0.570. The average molecular weight is 252 g/mol. The number of nitrogens with one attached hydrogen (secondary N) is 1. The normalized spacial score (nSPS) is 19.2. The Bertz CT molecular complexity index is 329. The number of aromatic nitrogens is 1. The lowest BCUT2D eigenvalue weighted by molar-refractivity contribution is 0.313. The van der Waals surface area contributed by atoms with Gasteiger partial charge in [-0.15, -0.1) is 11.3 Å². The summed E-state index contributed by atoms with van der Waals surface area (Å²) in [6, 6.07) is 0.631. The second kappa shape index (κ2) is 6.39. The van der Waals surface area contributed by atoms with Crippen LogP contribution in [-0.4, -0.2) is 11.0 Å². The summed E-state index contributed by atoms with van der Waals surface area (Å²) < 4.78 is 0. The molecule has 1 N–H and O–H groups in total. The van der Waals surface area contributed by atoms with Crippen LogP contribution in [0.15, 0.2) is 5.38 Å². The van der Waals surface area contributed by atoms with Gasteiger partial charge in [-0.1, -0.05) is 33.1 Å². The Morgan fingerprint density at radius 1 is 1.35 bits per heavy atom. The molecular formula is C14H24N2S. The summed E-state index contributed by atoms with van der Waals surface area (Å²) in [6.45, 7) is 4.46. The van der Waals surface area contributed by atoms with Crippen molar-refractivity contribution >= 4 is 16.5 Å². The Morgan fingerprint density at radius 3 is 2.71 bits per heavy atom. The third-order valence-corrected chi connectivity index (χ3v) is 4.70. The zero-order valence-corrected chi connectivity index (χ0v) is 11.9. The first-order valence-corrected chi connectivity index (χ1v) is 7.92. The van der Waals surface area contributed by atoms with Crippen LogP contribution < -0.4 is 5.32 Å². The molecule has 3 heteroatoms. The molecule has 0 saturated heterocycles. The topological polar surface area (TPSA) is 24.9 Å². The van der Waals surface area contributed by atoms with Gasteiger partial charge in [0.1, 0.15) is 0 Å². The van der Waals surface area contributed by atoms with Crippen LogP contribution in [0.2, 0.25) is 0 Å². The zero-order valence-electron chi connectivity index (χ0n) is 11.0. The number of hydrogen-bond donors (Lipinski definition) is 1. The smallest absolute Gasteiger partial charge is 0.183 e. The first kappa shape index (κ1) is 12.9. The van der Waals surface area contributed by atoms with Crippen LogP contribution in [0.5, 0.6) is 0 Å². The van der Waals surface area contributed by atoms with E-state index in [4.69, 9.17) is 0 Å². The highest BCUT2D eigenvalue weighted by atomic mass is 32.1. The minimum absolute atomic E-state index is 0.631. The van der Waals surface area contributed by atoms with Crippen molar-refractivity contribution in [3.8, 4) is 0 Å². The highest BCUT2D eigenvalue weighted by Gasteiger charge is 2.22. The number of aryl methyl sites for hydroxylation is 1. The van der Waals surface area contributed by atoms with E-state index in [0.717, 1.165) is 17.5 Å². The molecule has 1 aliphatic carbocycles. The number of hydrogen-bond acceptors (Lipinski definition) is 3. The van der Waals surface area contributed by atoms with Crippen LogP contribution in [-0.2, 0) is 6.42 Å². The lowest BCUT2D eigenvalue weighted by Crippen LogP contribution is -2.30.